The van der Waals surface area contributed by atoms with E-state index in [0.29, 0.717) is 39.4 Å². The molecule has 0 aliphatic carbocycles. The first-order chi connectivity index (χ1) is 14.6. The van der Waals surface area contributed by atoms with E-state index in [4.69, 9.17) is 4.74 Å². The Morgan fingerprint density at radius 3 is 2.10 bits per heavy atom. The smallest absolute Gasteiger partial charge is 0.243 e. The van der Waals surface area contributed by atoms with Crippen molar-refractivity contribution in [2.75, 3.05) is 69.6 Å². The molecule has 172 valence electrons. The number of anilines is 1. The van der Waals surface area contributed by atoms with Crippen molar-refractivity contribution in [3.8, 4) is 0 Å². The highest BCUT2D eigenvalue weighted by Crippen LogP contribution is 2.23. The van der Waals surface area contributed by atoms with Gasteiger partial charge in [0.25, 0.3) is 0 Å². The number of piperazine rings is 1. The van der Waals surface area contributed by atoms with Gasteiger partial charge in [-0.1, -0.05) is 0 Å². The molecule has 2 heterocycles. The number of rotatable bonds is 7. The molecule has 0 bridgehead atoms. The van der Waals surface area contributed by atoms with Crippen LogP contribution in [-0.2, 0) is 34.4 Å². The number of hydrogen-bond donors (Lipinski definition) is 0. The van der Waals surface area contributed by atoms with Gasteiger partial charge in [-0.15, -0.1) is 0 Å². The van der Waals surface area contributed by atoms with Crippen LogP contribution in [0.25, 0.3) is 0 Å². The van der Waals surface area contributed by atoms with Crippen molar-refractivity contribution >= 4 is 38.1 Å². The fourth-order valence-corrected chi connectivity index (χ4v) is 5.68. The quantitative estimate of drug-likeness (QED) is 0.453. The fraction of sp³-hybridized carbons (Fsp3) is 0.556. The topological polar surface area (TPSA) is 125 Å². The lowest BCUT2D eigenvalue weighted by Crippen LogP contribution is -2.51. The van der Waals surface area contributed by atoms with Crippen molar-refractivity contribution in [3.63, 3.8) is 0 Å². The molecule has 0 N–H and O–H groups in total. The van der Waals surface area contributed by atoms with Gasteiger partial charge in [-0.3, -0.25) is 13.9 Å². The van der Waals surface area contributed by atoms with Crippen molar-refractivity contribution in [3.05, 3.63) is 24.3 Å². The molecule has 3 rings (SSSR count). The third-order valence-corrected chi connectivity index (χ3v) is 8.28. The number of amides is 2. The first-order valence-electron chi connectivity index (χ1n) is 9.76. The van der Waals surface area contributed by atoms with Gasteiger partial charge in [-0.25, -0.2) is 16.8 Å². The van der Waals surface area contributed by atoms with E-state index in [9.17, 15) is 26.4 Å². The maximum absolute atomic E-state index is 12.7. The van der Waals surface area contributed by atoms with E-state index in [2.05, 4.69) is 0 Å². The Bertz CT molecular complexity index is 998. The van der Waals surface area contributed by atoms with Crippen LogP contribution in [0.2, 0.25) is 0 Å². The first-order valence-corrected chi connectivity index (χ1v) is 13.0. The molecule has 13 heteroatoms. The second-order valence-corrected chi connectivity index (χ2v) is 11.1. The largest absolute Gasteiger partial charge is 0.379 e. The SMILES string of the molecule is CS(=O)(=O)N(CC(=O)N1CCN(C=O)CC1)c1ccc(S(=O)(=O)N2CCOCC2)cc1. The lowest BCUT2D eigenvalue weighted by atomic mass is 10.3. The molecule has 0 radical (unpaired) electrons. The van der Waals surface area contributed by atoms with Gasteiger partial charge in [0.2, 0.25) is 32.4 Å². The summed E-state index contributed by atoms with van der Waals surface area (Å²) in [6, 6.07) is 5.44. The summed E-state index contributed by atoms with van der Waals surface area (Å²) in [6.07, 6.45) is 1.71. The van der Waals surface area contributed by atoms with Gasteiger partial charge >= 0.3 is 0 Å². The van der Waals surface area contributed by atoms with E-state index in [1.807, 2.05) is 0 Å². The molecule has 2 fully saturated rings. The number of morpholine rings is 1. The Morgan fingerprint density at radius 2 is 1.58 bits per heavy atom. The van der Waals surface area contributed by atoms with Gasteiger partial charge < -0.3 is 14.5 Å². The van der Waals surface area contributed by atoms with Crippen molar-refractivity contribution < 1.29 is 31.2 Å². The summed E-state index contributed by atoms with van der Waals surface area (Å²) in [4.78, 5) is 26.6. The Labute approximate surface area is 182 Å². The molecule has 2 amide bonds. The number of ether oxygens (including phenoxy) is 1. The minimum absolute atomic E-state index is 0.0444. The van der Waals surface area contributed by atoms with E-state index in [-0.39, 0.29) is 29.6 Å². The summed E-state index contributed by atoms with van der Waals surface area (Å²) >= 11 is 0. The molecule has 1 aromatic rings. The van der Waals surface area contributed by atoms with Gasteiger partial charge in [-0.2, -0.15) is 4.31 Å². The number of benzene rings is 1. The van der Waals surface area contributed by atoms with E-state index < -0.39 is 26.6 Å². The Balaban J connectivity index is 1.75. The summed E-state index contributed by atoms with van der Waals surface area (Å²) in [5, 5.41) is 0. The van der Waals surface area contributed by atoms with Gasteiger partial charge in [0.1, 0.15) is 6.54 Å². The second-order valence-electron chi connectivity index (χ2n) is 7.30. The molecule has 31 heavy (non-hydrogen) atoms. The molecule has 0 unspecified atom stereocenters. The summed E-state index contributed by atoms with van der Waals surface area (Å²) < 4.78 is 57.6. The standard InChI is InChI=1S/C18H26N4O7S2/c1-30(25,26)22(14-18(24)20-8-6-19(15-23)7-9-20)16-2-4-17(5-3-16)31(27,28)21-10-12-29-13-11-21/h2-5,15H,6-14H2,1H3. The van der Waals surface area contributed by atoms with Crippen LogP contribution < -0.4 is 4.31 Å². The van der Waals surface area contributed by atoms with Crippen LogP contribution in [0.1, 0.15) is 0 Å². The van der Waals surface area contributed by atoms with Crippen LogP contribution in [0.15, 0.2) is 29.2 Å². The first kappa shape index (κ1) is 23.4. The zero-order valence-electron chi connectivity index (χ0n) is 17.2. The Kier molecular flexibility index (Phi) is 7.19. The molecular formula is C18H26N4O7S2. The molecule has 2 saturated heterocycles. The van der Waals surface area contributed by atoms with Crippen LogP contribution in [0.5, 0.6) is 0 Å². The Morgan fingerprint density at radius 1 is 1.00 bits per heavy atom. The summed E-state index contributed by atoms with van der Waals surface area (Å²) in [5.41, 5.74) is 0.198. The summed E-state index contributed by atoms with van der Waals surface area (Å²) in [6.45, 7) is 2.18. The molecule has 2 aliphatic rings. The third-order valence-electron chi connectivity index (χ3n) is 5.23. The van der Waals surface area contributed by atoms with Crippen LogP contribution in [0.3, 0.4) is 0 Å². The van der Waals surface area contributed by atoms with Crippen molar-refractivity contribution in [2.45, 2.75) is 4.90 Å². The fourth-order valence-electron chi connectivity index (χ4n) is 3.42. The lowest BCUT2D eigenvalue weighted by molar-refractivity contribution is -0.133. The van der Waals surface area contributed by atoms with E-state index in [1.54, 1.807) is 4.90 Å². The second kappa shape index (κ2) is 9.51. The molecule has 0 aromatic heterocycles. The molecule has 2 aliphatic heterocycles. The van der Waals surface area contributed by atoms with Crippen molar-refractivity contribution in [2.24, 2.45) is 0 Å². The number of carbonyl (C=O) groups is 2. The molecule has 1 aromatic carbocycles. The van der Waals surface area contributed by atoms with Gasteiger partial charge in [0, 0.05) is 39.3 Å². The third kappa shape index (κ3) is 5.53. The van der Waals surface area contributed by atoms with E-state index in [0.717, 1.165) is 17.0 Å². The van der Waals surface area contributed by atoms with Gasteiger partial charge in [0.05, 0.1) is 30.1 Å². The van der Waals surface area contributed by atoms with Crippen molar-refractivity contribution in [1.82, 2.24) is 14.1 Å². The number of sulfonamides is 2. The summed E-state index contributed by atoms with van der Waals surface area (Å²) in [7, 11) is -7.50. The average molecular weight is 475 g/mol. The predicted molar refractivity (Wildman–Crippen MR) is 112 cm³/mol. The molecular weight excluding hydrogens is 448 g/mol. The zero-order valence-corrected chi connectivity index (χ0v) is 18.8. The summed E-state index contributed by atoms with van der Waals surface area (Å²) in [5.74, 6) is -0.388. The number of hydrogen-bond acceptors (Lipinski definition) is 7. The maximum atomic E-state index is 12.7. The highest BCUT2D eigenvalue weighted by molar-refractivity contribution is 7.92. The van der Waals surface area contributed by atoms with Crippen LogP contribution in [0, 0.1) is 0 Å². The van der Waals surface area contributed by atoms with E-state index in [1.165, 1.54) is 33.5 Å². The molecule has 0 saturated carbocycles. The maximum Gasteiger partial charge on any atom is 0.243 e. The molecule has 0 atom stereocenters. The predicted octanol–water partition coefficient (Wildman–Crippen LogP) is -1.23. The normalized spacial score (nSPS) is 18.6. The lowest BCUT2D eigenvalue weighted by Gasteiger charge is -2.34. The monoisotopic (exact) mass is 474 g/mol. The van der Waals surface area contributed by atoms with Gasteiger partial charge in [-0.05, 0) is 24.3 Å². The number of nitrogens with zero attached hydrogens (tertiary/aromatic N) is 4. The zero-order chi connectivity index (χ0) is 22.6. The van der Waals surface area contributed by atoms with Gasteiger partial charge in [0.15, 0.2) is 0 Å². The Hall–Kier alpha value is -2.22. The highest BCUT2D eigenvalue weighted by atomic mass is 32.2. The minimum Gasteiger partial charge on any atom is -0.379 e. The van der Waals surface area contributed by atoms with Crippen LogP contribution >= 0.6 is 0 Å². The average Bonchev–Trinajstić information content (AvgIpc) is 2.77. The minimum atomic E-state index is -3.79. The number of carbonyl (C=O) groups excluding carboxylic acids is 2. The molecule has 0 spiro atoms. The van der Waals surface area contributed by atoms with Crippen LogP contribution in [-0.4, -0.2) is 109 Å². The van der Waals surface area contributed by atoms with E-state index >= 15 is 0 Å². The molecule has 11 nitrogen and oxygen atoms in total. The van der Waals surface area contributed by atoms with Crippen LogP contribution in [0.4, 0.5) is 5.69 Å². The van der Waals surface area contributed by atoms with Crippen molar-refractivity contribution in [1.29, 1.82) is 0 Å². The highest BCUT2D eigenvalue weighted by Gasteiger charge is 2.29.